The molecular weight excluding hydrogens is 398 g/mol. The molecule has 0 aliphatic rings. The van der Waals surface area contributed by atoms with E-state index in [2.05, 4.69) is 17.1 Å². The lowest BCUT2D eigenvalue weighted by Crippen LogP contribution is -1.99. The van der Waals surface area contributed by atoms with E-state index >= 15 is 0 Å². The van der Waals surface area contributed by atoms with E-state index in [0.29, 0.717) is 12.2 Å². The van der Waals surface area contributed by atoms with E-state index in [1.807, 2.05) is 60.7 Å². The second kappa shape index (κ2) is 10.2. The highest BCUT2D eigenvalue weighted by Crippen LogP contribution is 2.25. The van der Waals surface area contributed by atoms with Crippen LogP contribution in [0.3, 0.4) is 0 Å². The Balaban J connectivity index is 1.45. The molecule has 0 unspecified atom stereocenters. The smallest absolute Gasteiger partial charge is 0.187 e. The number of benzene rings is 3. The number of allylic oxidation sites excluding steroid dienone is 1. The van der Waals surface area contributed by atoms with Crippen molar-refractivity contribution in [1.29, 1.82) is 0 Å². The third kappa shape index (κ3) is 5.29. The summed E-state index contributed by atoms with van der Waals surface area (Å²) >= 11 is 0. The quantitative estimate of drug-likeness (QED) is 0.250. The highest BCUT2D eigenvalue weighted by atomic mass is 16.5. The van der Waals surface area contributed by atoms with Gasteiger partial charge in [0.25, 0.3) is 0 Å². The maximum absolute atomic E-state index is 12.3. The molecule has 32 heavy (non-hydrogen) atoms. The van der Waals surface area contributed by atoms with Crippen LogP contribution in [0.1, 0.15) is 21.5 Å². The predicted molar refractivity (Wildman–Crippen MR) is 127 cm³/mol. The monoisotopic (exact) mass is 421 g/mol. The SMILES string of the molecule is COc1ccc(/C=C/C(=O)c2cccnc2)cc1COc1ccc(-c2ccccc2)cc1. The summed E-state index contributed by atoms with van der Waals surface area (Å²) in [5, 5.41) is 0. The van der Waals surface area contributed by atoms with Crippen molar-refractivity contribution in [3.8, 4) is 22.6 Å². The fraction of sp³-hybridized carbons (Fsp3) is 0.0714. The molecule has 0 spiro atoms. The van der Waals surface area contributed by atoms with Crippen molar-refractivity contribution in [2.75, 3.05) is 7.11 Å². The largest absolute Gasteiger partial charge is 0.496 e. The first-order chi connectivity index (χ1) is 15.7. The zero-order valence-corrected chi connectivity index (χ0v) is 17.8. The van der Waals surface area contributed by atoms with Gasteiger partial charge in [-0.2, -0.15) is 0 Å². The van der Waals surface area contributed by atoms with Crippen LogP contribution in [0.25, 0.3) is 17.2 Å². The van der Waals surface area contributed by atoms with E-state index in [1.165, 1.54) is 5.56 Å². The minimum atomic E-state index is -0.0924. The molecule has 0 radical (unpaired) electrons. The number of ketones is 1. The summed E-state index contributed by atoms with van der Waals surface area (Å²) in [6.07, 6.45) is 6.53. The Labute approximate surface area is 187 Å². The van der Waals surface area contributed by atoms with Crippen molar-refractivity contribution < 1.29 is 14.3 Å². The fourth-order valence-electron chi connectivity index (χ4n) is 3.33. The van der Waals surface area contributed by atoms with Crippen molar-refractivity contribution in [1.82, 2.24) is 4.98 Å². The van der Waals surface area contributed by atoms with Crippen molar-refractivity contribution in [3.05, 3.63) is 120 Å². The van der Waals surface area contributed by atoms with Crippen molar-refractivity contribution in [3.63, 3.8) is 0 Å². The van der Waals surface area contributed by atoms with Gasteiger partial charge in [-0.1, -0.05) is 54.6 Å². The molecule has 4 heteroatoms. The van der Waals surface area contributed by atoms with Gasteiger partial charge in [-0.25, -0.2) is 0 Å². The zero-order chi connectivity index (χ0) is 22.2. The second-order valence-corrected chi connectivity index (χ2v) is 7.19. The van der Waals surface area contributed by atoms with Crippen molar-refractivity contribution in [2.24, 2.45) is 0 Å². The molecule has 0 amide bonds. The van der Waals surface area contributed by atoms with Crippen LogP contribution in [-0.2, 0) is 6.61 Å². The Kier molecular flexibility index (Phi) is 6.73. The lowest BCUT2D eigenvalue weighted by atomic mass is 10.1. The molecule has 0 aliphatic carbocycles. The fourth-order valence-corrected chi connectivity index (χ4v) is 3.33. The number of nitrogens with zero attached hydrogens (tertiary/aromatic N) is 1. The molecule has 4 rings (SSSR count). The Morgan fingerprint density at radius 1 is 0.906 bits per heavy atom. The maximum Gasteiger partial charge on any atom is 0.187 e. The average molecular weight is 421 g/mol. The molecule has 0 saturated carbocycles. The number of pyridine rings is 1. The van der Waals surface area contributed by atoms with Crippen molar-refractivity contribution >= 4 is 11.9 Å². The topological polar surface area (TPSA) is 48.4 Å². The van der Waals surface area contributed by atoms with E-state index in [0.717, 1.165) is 28.2 Å². The van der Waals surface area contributed by atoms with Crippen LogP contribution in [0.4, 0.5) is 0 Å². The number of carbonyl (C=O) groups is 1. The summed E-state index contributed by atoms with van der Waals surface area (Å²) in [4.78, 5) is 16.3. The molecule has 3 aromatic carbocycles. The minimum Gasteiger partial charge on any atom is -0.496 e. The summed E-state index contributed by atoms with van der Waals surface area (Å²) in [6, 6.07) is 27.5. The third-order valence-corrected chi connectivity index (χ3v) is 5.03. The zero-order valence-electron chi connectivity index (χ0n) is 17.8. The standard InChI is InChI=1S/C28H23NO3/c1-31-28-16-10-21(9-15-27(30)24-8-5-17-29-19-24)18-25(28)20-32-26-13-11-23(12-14-26)22-6-3-2-4-7-22/h2-19H,20H2,1H3/b15-9+. The summed E-state index contributed by atoms with van der Waals surface area (Å²) in [5.74, 6) is 1.42. The molecule has 0 aliphatic heterocycles. The number of hydrogen-bond donors (Lipinski definition) is 0. The first kappa shape index (κ1) is 21.1. The van der Waals surface area contributed by atoms with Crippen LogP contribution >= 0.6 is 0 Å². The highest BCUT2D eigenvalue weighted by molar-refractivity contribution is 6.06. The summed E-state index contributed by atoms with van der Waals surface area (Å²) in [6.45, 7) is 0.353. The predicted octanol–water partition coefficient (Wildman–Crippen LogP) is 6.23. The molecule has 0 bridgehead atoms. The summed E-state index contributed by atoms with van der Waals surface area (Å²) < 4.78 is 11.5. The number of rotatable bonds is 8. The Morgan fingerprint density at radius 3 is 2.41 bits per heavy atom. The lowest BCUT2D eigenvalue weighted by Gasteiger charge is -2.12. The first-order valence-corrected chi connectivity index (χ1v) is 10.3. The Hall–Kier alpha value is -4.18. The van der Waals surface area contributed by atoms with E-state index in [4.69, 9.17) is 9.47 Å². The van der Waals surface area contributed by atoms with Crippen LogP contribution in [0.15, 0.2) is 103 Å². The van der Waals surface area contributed by atoms with Crippen LogP contribution in [0.2, 0.25) is 0 Å². The Morgan fingerprint density at radius 2 is 1.69 bits per heavy atom. The molecule has 4 nitrogen and oxygen atoms in total. The third-order valence-electron chi connectivity index (χ3n) is 5.03. The number of aromatic nitrogens is 1. The van der Waals surface area contributed by atoms with Gasteiger partial charge in [-0.3, -0.25) is 9.78 Å². The summed E-state index contributed by atoms with van der Waals surface area (Å²) in [5.41, 5.74) is 4.65. The van der Waals surface area contributed by atoms with Gasteiger partial charge in [0.15, 0.2) is 5.78 Å². The normalized spacial score (nSPS) is 10.8. The molecule has 1 aromatic heterocycles. The van der Waals surface area contributed by atoms with Gasteiger partial charge in [0.1, 0.15) is 18.1 Å². The first-order valence-electron chi connectivity index (χ1n) is 10.3. The molecule has 0 N–H and O–H groups in total. The van der Waals surface area contributed by atoms with Crippen LogP contribution in [0, 0.1) is 0 Å². The highest BCUT2D eigenvalue weighted by Gasteiger charge is 2.07. The van der Waals surface area contributed by atoms with Gasteiger partial charge in [0.05, 0.1) is 7.11 Å². The summed E-state index contributed by atoms with van der Waals surface area (Å²) in [7, 11) is 1.63. The van der Waals surface area contributed by atoms with Crippen LogP contribution in [-0.4, -0.2) is 17.9 Å². The van der Waals surface area contributed by atoms with Crippen LogP contribution in [0.5, 0.6) is 11.5 Å². The second-order valence-electron chi connectivity index (χ2n) is 7.19. The Bertz CT molecular complexity index is 1200. The van der Waals surface area contributed by atoms with Gasteiger partial charge < -0.3 is 9.47 Å². The van der Waals surface area contributed by atoms with Gasteiger partial charge in [-0.15, -0.1) is 0 Å². The molecular formula is C28H23NO3. The number of carbonyl (C=O) groups excluding carboxylic acids is 1. The average Bonchev–Trinajstić information content (AvgIpc) is 2.87. The molecule has 0 fully saturated rings. The molecule has 1 heterocycles. The van der Waals surface area contributed by atoms with E-state index in [1.54, 1.807) is 43.8 Å². The van der Waals surface area contributed by atoms with E-state index in [-0.39, 0.29) is 5.78 Å². The van der Waals surface area contributed by atoms with E-state index < -0.39 is 0 Å². The van der Waals surface area contributed by atoms with Gasteiger partial charge in [-0.05, 0) is 59.2 Å². The molecule has 0 atom stereocenters. The van der Waals surface area contributed by atoms with Gasteiger partial charge >= 0.3 is 0 Å². The molecule has 4 aromatic rings. The minimum absolute atomic E-state index is 0.0924. The lowest BCUT2D eigenvalue weighted by molar-refractivity contribution is 0.104. The molecule has 158 valence electrons. The van der Waals surface area contributed by atoms with Crippen LogP contribution < -0.4 is 9.47 Å². The van der Waals surface area contributed by atoms with Crippen molar-refractivity contribution in [2.45, 2.75) is 6.61 Å². The van der Waals surface area contributed by atoms with Gasteiger partial charge in [0, 0.05) is 23.5 Å². The van der Waals surface area contributed by atoms with E-state index in [9.17, 15) is 4.79 Å². The van der Waals surface area contributed by atoms with Gasteiger partial charge in [0.2, 0.25) is 0 Å². The number of ether oxygens (including phenoxy) is 2. The maximum atomic E-state index is 12.3. The molecule has 0 saturated heterocycles. The number of methoxy groups -OCH3 is 1. The number of hydrogen-bond acceptors (Lipinski definition) is 4.